The molecule has 82 valence electrons. The maximum absolute atomic E-state index is 11.1. The zero-order valence-corrected chi connectivity index (χ0v) is 8.25. The van der Waals surface area contributed by atoms with E-state index in [0.29, 0.717) is 0 Å². The van der Waals surface area contributed by atoms with E-state index in [2.05, 4.69) is 10.9 Å². The lowest BCUT2D eigenvalue weighted by Crippen LogP contribution is -2.40. The zero-order valence-electron chi connectivity index (χ0n) is 8.25. The number of rotatable bonds is 4. The summed E-state index contributed by atoms with van der Waals surface area (Å²) in [4.78, 5) is 21.8. The van der Waals surface area contributed by atoms with Gasteiger partial charge < -0.3 is 0 Å². The molecule has 0 spiro atoms. The van der Waals surface area contributed by atoms with Gasteiger partial charge in [-0.25, -0.2) is 5.84 Å². The summed E-state index contributed by atoms with van der Waals surface area (Å²) in [6, 6.07) is 0. The number of carbonyl (C=O) groups is 2. The largest absolute Gasteiger partial charge is 0.299 e. The molecule has 15 heavy (non-hydrogen) atoms. The van der Waals surface area contributed by atoms with E-state index in [1.807, 2.05) is 23.7 Å². The average molecular weight is 210 g/mol. The lowest BCUT2D eigenvalue weighted by atomic mass is 10.1. The highest BCUT2D eigenvalue weighted by Gasteiger charge is 2.07. The summed E-state index contributed by atoms with van der Waals surface area (Å²) in [6.07, 6.45) is 7.49. The lowest BCUT2D eigenvalue weighted by molar-refractivity contribution is -0.129. The molecule has 1 rings (SSSR count). The van der Waals surface area contributed by atoms with Crippen LogP contribution in [0.15, 0.2) is 23.9 Å². The van der Waals surface area contributed by atoms with Gasteiger partial charge in [0.25, 0.3) is 0 Å². The lowest BCUT2D eigenvalue weighted by Gasteiger charge is -2.11. The van der Waals surface area contributed by atoms with E-state index < -0.39 is 11.8 Å². The van der Waals surface area contributed by atoms with Crippen molar-refractivity contribution in [1.82, 2.24) is 16.3 Å². The van der Waals surface area contributed by atoms with Gasteiger partial charge in [0.05, 0.1) is 0 Å². The molecule has 0 atom stereocenters. The molecule has 0 radical (unpaired) electrons. The van der Waals surface area contributed by atoms with Crippen molar-refractivity contribution < 1.29 is 9.59 Å². The molecule has 0 aliphatic heterocycles. The Morgan fingerprint density at radius 2 is 2.13 bits per heavy atom. The molecule has 0 aromatic rings. The summed E-state index contributed by atoms with van der Waals surface area (Å²) in [7, 11) is 0. The number of hydrogen-bond acceptors (Lipinski definition) is 4. The second kappa shape index (κ2) is 5.82. The highest BCUT2D eigenvalue weighted by Crippen LogP contribution is 2.05. The number of allylic oxidation sites excluding steroid dienone is 3. The van der Waals surface area contributed by atoms with Crippen molar-refractivity contribution in [3.05, 3.63) is 23.9 Å². The van der Waals surface area contributed by atoms with Gasteiger partial charge in [-0.3, -0.25) is 25.9 Å². The molecule has 0 saturated carbocycles. The Morgan fingerprint density at radius 3 is 2.73 bits per heavy atom. The first-order valence-electron chi connectivity index (χ1n) is 4.63. The molecule has 5 N–H and O–H groups in total. The van der Waals surface area contributed by atoms with Gasteiger partial charge in [0.1, 0.15) is 6.42 Å². The molecular weight excluding hydrogens is 196 g/mol. The highest BCUT2D eigenvalue weighted by atomic mass is 16.2. The van der Waals surface area contributed by atoms with E-state index in [4.69, 9.17) is 5.84 Å². The Morgan fingerprint density at radius 1 is 1.33 bits per heavy atom. The highest BCUT2D eigenvalue weighted by molar-refractivity contribution is 5.96. The first-order valence-corrected chi connectivity index (χ1v) is 4.63. The molecule has 0 unspecified atom stereocenters. The molecule has 0 saturated heterocycles. The van der Waals surface area contributed by atoms with Crippen LogP contribution in [0.2, 0.25) is 0 Å². The van der Waals surface area contributed by atoms with Crippen LogP contribution in [0.5, 0.6) is 0 Å². The van der Waals surface area contributed by atoms with Crippen LogP contribution >= 0.6 is 0 Å². The van der Waals surface area contributed by atoms with Crippen LogP contribution < -0.4 is 22.1 Å². The Hall–Kier alpha value is -1.82. The minimum atomic E-state index is -0.525. The first kappa shape index (κ1) is 11.3. The number of nitrogens with one attached hydrogen (secondary N) is 3. The van der Waals surface area contributed by atoms with Gasteiger partial charge in [-0.2, -0.15) is 0 Å². The predicted octanol–water partition coefficient (Wildman–Crippen LogP) is -0.779. The van der Waals surface area contributed by atoms with Crippen molar-refractivity contribution in [2.75, 3.05) is 0 Å². The number of carbonyl (C=O) groups excluding carboxylic acids is 2. The Labute approximate surface area is 87.5 Å². The van der Waals surface area contributed by atoms with Gasteiger partial charge in [-0.1, -0.05) is 12.2 Å². The summed E-state index contributed by atoms with van der Waals surface area (Å²) in [5.41, 5.74) is 7.80. The Balaban J connectivity index is 2.24. The standard InChI is InChI=1S/C9H14N4O2/c10-11-8(14)6-9(15)13-12-7-4-2-1-3-5-7/h2,4-5,12H,1,3,6,10H2,(H,11,14)(H,13,15). The predicted molar refractivity (Wildman–Crippen MR) is 54.7 cm³/mol. The van der Waals surface area contributed by atoms with Crippen molar-refractivity contribution >= 4 is 11.8 Å². The van der Waals surface area contributed by atoms with Crippen molar-refractivity contribution in [2.24, 2.45) is 5.84 Å². The van der Waals surface area contributed by atoms with Gasteiger partial charge >= 0.3 is 0 Å². The van der Waals surface area contributed by atoms with Gasteiger partial charge in [0.15, 0.2) is 0 Å². The van der Waals surface area contributed by atoms with Crippen LogP contribution in [0.1, 0.15) is 19.3 Å². The van der Waals surface area contributed by atoms with Crippen molar-refractivity contribution in [3.8, 4) is 0 Å². The van der Waals surface area contributed by atoms with E-state index in [9.17, 15) is 9.59 Å². The topological polar surface area (TPSA) is 96.2 Å². The summed E-state index contributed by atoms with van der Waals surface area (Å²) in [6.45, 7) is 0. The van der Waals surface area contributed by atoms with Crippen LogP contribution in [-0.2, 0) is 9.59 Å². The minimum Gasteiger partial charge on any atom is -0.299 e. The molecule has 0 heterocycles. The number of hydrazine groups is 2. The summed E-state index contributed by atoms with van der Waals surface area (Å²) >= 11 is 0. The maximum Gasteiger partial charge on any atom is 0.247 e. The van der Waals surface area contributed by atoms with Gasteiger partial charge in [-0.05, 0) is 18.9 Å². The monoisotopic (exact) mass is 210 g/mol. The maximum atomic E-state index is 11.1. The van der Waals surface area contributed by atoms with Crippen LogP contribution in [0.3, 0.4) is 0 Å². The Bertz CT molecular complexity index is 309. The van der Waals surface area contributed by atoms with Gasteiger partial charge in [-0.15, -0.1) is 0 Å². The zero-order chi connectivity index (χ0) is 11.1. The second-order valence-corrected chi connectivity index (χ2v) is 3.06. The fraction of sp³-hybridized carbons (Fsp3) is 0.333. The normalized spacial score (nSPS) is 14.1. The summed E-state index contributed by atoms with van der Waals surface area (Å²) < 4.78 is 0. The van der Waals surface area contributed by atoms with E-state index in [1.165, 1.54) is 0 Å². The molecule has 1 aliphatic carbocycles. The third-order valence-corrected chi connectivity index (χ3v) is 1.82. The third kappa shape index (κ3) is 4.28. The number of hydrogen-bond donors (Lipinski definition) is 4. The minimum absolute atomic E-state index is 0.291. The molecule has 0 bridgehead atoms. The molecule has 0 fully saturated rings. The summed E-state index contributed by atoms with van der Waals surface area (Å²) in [5, 5.41) is 0. The second-order valence-electron chi connectivity index (χ2n) is 3.06. The Kier molecular flexibility index (Phi) is 4.36. The quantitative estimate of drug-likeness (QED) is 0.212. The number of amides is 2. The van der Waals surface area contributed by atoms with E-state index in [1.54, 1.807) is 0 Å². The number of nitrogens with two attached hydrogens (primary N) is 1. The molecule has 0 aromatic heterocycles. The molecule has 1 aliphatic rings. The SMILES string of the molecule is NNC(=O)CC(=O)NNC1=CCCC=C1. The fourth-order valence-corrected chi connectivity index (χ4v) is 1.09. The van der Waals surface area contributed by atoms with Gasteiger partial charge in [0.2, 0.25) is 11.8 Å². The van der Waals surface area contributed by atoms with Crippen LogP contribution in [0, 0.1) is 0 Å². The summed E-state index contributed by atoms with van der Waals surface area (Å²) in [5.74, 6) is 3.88. The molecular formula is C9H14N4O2. The van der Waals surface area contributed by atoms with Crippen LogP contribution in [0.25, 0.3) is 0 Å². The van der Waals surface area contributed by atoms with Crippen LogP contribution in [0.4, 0.5) is 0 Å². The van der Waals surface area contributed by atoms with Crippen molar-refractivity contribution in [3.63, 3.8) is 0 Å². The molecule has 0 aromatic carbocycles. The molecule has 6 heteroatoms. The van der Waals surface area contributed by atoms with Crippen molar-refractivity contribution in [1.29, 1.82) is 0 Å². The van der Waals surface area contributed by atoms with E-state index in [0.717, 1.165) is 18.5 Å². The molecule has 2 amide bonds. The first-order chi connectivity index (χ1) is 7.22. The smallest absolute Gasteiger partial charge is 0.247 e. The average Bonchev–Trinajstić information content (AvgIpc) is 2.27. The van der Waals surface area contributed by atoms with E-state index >= 15 is 0 Å². The third-order valence-electron chi connectivity index (χ3n) is 1.82. The fourth-order valence-electron chi connectivity index (χ4n) is 1.09. The van der Waals surface area contributed by atoms with Crippen LogP contribution in [-0.4, -0.2) is 11.8 Å². The molecule has 6 nitrogen and oxygen atoms in total. The van der Waals surface area contributed by atoms with Crippen molar-refractivity contribution in [2.45, 2.75) is 19.3 Å². The van der Waals surface area contributed by atoms with E-state index in [-0.39, 0.29) is 6.42 Å². The van der Waals surface area contributed by atoms with Gasteiger partial charge in [0, 0.05) is 5.70 Å².